The highest BCUT2D eigenvalue weighted by Gasteiger charge is 2.20. The summed E-state index contributed by atoms with van der Waals surface area (Å²) in [5.74, 6) is 0.637. The molecule has 0 atom stereocenters. The van der Waals surface area contributed by atoms with Crippen LogP contribution in [0.2, 0.25) is 0 Å². The van der Waals surface area contributed by atoms with Crippen molar-refractivity contribution in [3.05, 3.63) is 53.1 Å². The van der Waals surface area contributed by atoms with Gasteiger partial charge in [0.1, 0.15) is 5.75 Å². The SMILES string of the molecule is Cc1cc(C)c(S(=O)(=O)Nc2cccc(OC(C)C)c2)c(C)c1. The number of benzene rings is 2. The third kappa shape index (κ3) is 4.26. The van der Waals surface area contributed by atoms with Crippen molar-refractivity contribution in [3.63, 3.8) is 0 Å². The molecule has 0 aliphatic heterocycles. The molecule has 2 aromatic carbocycles. The lowest BCUT2D eigenvalue weighted by Gasteiger charge is -2.15. The summed E-state index contributed by atoms with van der Waals surface area (Å²) in [7, 11) is -3.64. The fraction of sp³-hybridized carbons (Fsp3) is 0.333. The van der Waals surface area contributed by atoms with Crippen LogP contribution in [-0.2, 0) is 10.0 Å². The molecule has 2 rings (SSSR count). The number of sulfonamides is 1. The Morgan fingerprint density at radius 1 is 1.00 bits per heavy atom. The minimum absolute atomic E-state index is 0.0310. The van der Waals surface area contributed by atoms with Crippen molar-refractivity contribution in [1.82, 2.24) is 0 Å². The highest BCUT2D eigenvalue weighted by Crippen LogP contribution is 2.26. The van der Waals surface area contributed by atoms with Gasteiger partial charge in [0.25, 0.3) is 10.0 Å². The van der Waals surface area contributed by atoms with Gasteiger partial charge in [-0.2, -0.15) is 0 Å². The van der Waals surface area contributed by atoms with Gasteiger partial charge >= 0.3 is 0 Å². The Morgan fingerprint density at radius 2 is 1.61 bits per heavy atom. The van der Waals surface area contributed by atoms with Gasteiger partial charge in [-0.15, -0.1) is 0 Å². The van der Waals surface area contributed by atoms with Crippen LogP contribution in [0.4, 0.5) is 5.69 Å². The quantitative estimate of drug-likeness (QED) is 0.892. The van der Waals surface area contributed by atoms with Crippen molar-refractivity contribution >= 4 is 15.7 Å². The van der Waals surface area contributed by atoms with Crippen LogP contribution in [0.5, 0.6) is 5.75 Å². The predicted octanol–water partition coefficient (Wildman–Crippen LogP) is 4.20. The van der Waals surface area contributed by atoms with E-state index in [1.54, 1.807) is 24.3 Å². The summed E-state index contributed by atoms with van der Waals surface area (Å²) in [5.41, 5.74) is 3.02. The second-order valence-corrected chi connectivity index (χ2v) is 7.65. The van der Waals surface area contributed by atoms with E-state index in [-0.39, 0.29) is 6.10 Å². The third-order valence-corrected chi connectivity index (χ3v) is 5.02. The standard InChI is InChI=1S/C18H23NO3S/c1-12(2)22-17-8-6-7-16(11-17)19-23(20,21)18-14(4)9-13(3)10-15(18)5/h6-12,19H,1-5H3. The summed E-state index contributed by atoms with van der Waals surface area (Å²) in [6.07, 6.45) is 0.0310. The fourth-order valence-corrected chi connectivity index (χ4v) is 4.21. The summed E-state index contributed by atoms with van der Waals surface area (Å²) in [4.78, 5) is 0.332. The molecule has 0 saturated heterocycles. The molecule has 124 valence electrons. The molecule has 0 heterocycles. The maximum atomic E-state index is 12.7. The molecule has 23 heavy (non-hydrogen) atoms. The van der Waals surface area contributed by atoms with Gasteiger partial charge < -0.3 is 4.74 Å². The van der Waals surface area contributed by atoms with Crippen molar-refractivity contribution < 1.29 is 13.2 Å². The molecule has 0 aliphatic rings. The lowest BCUT2D eigenvalue weighted by Crippen LogP contribution is -2.16. The van der Waals surface area contributed by atoms with Gasteiger partial charge in [0, 0.05) is 6.07 Å². The average Bonchev–Trinajstić information content (AvgIpc) is 2.35. The van der Waals surface area contributed by atoms with Crippen LogP contribution < -0.4 is 9.46 Å². The molecule has 0 aromatic heterocycles. The predicted molar refractivity (Wildman–Crippen MR) is 93.7 cm³/mol. The number of aryl methyl sites for hydroxylation is 3. The maximum Gasteiger partial charge on any atom is 0.262 e. The van der Waals surface area contributed by atoms with Crippen LogP contribution >= 0.6 is 0 Å². The van der Waals surface area contributed by atoms with Gasteiger partial charge in [-0.3, -0.25) is 4.72 Å². The normalized spacial score (nSPS) is 11.6. The number of hydrogen-bond donors (Lipinski definition) is 1. The summed E-state index contributed by atoms with van der Waals surface area (Å²) < 4.78 is 33.7. The number of anilines is 1. The van der Waals surface area contributed by atoms with Crippen molar-refractivity contribution in [1.29, 1.82) is 0 Å². The smallest absolute Gasteiger partial charge is 0.262 e. The lowest BCUT2D eigenvalue weighted by atomic mass is 10.1. The van der Waals surface area contributed by atoms with E-state index in [4.69, 9.17) is 4.74 Å². The molecule has 1 N–H and O–H groups in total. The Kier molecular flexibility index (Phi) is 5.00. The zero-order valence-corrected chi connectivity index (χ0v) is 15.0. The van der Waals surface area contributed by atoms with Crippen LogP contribution in [-0.4, -0.2) is 14.5 Å². The minimum Gasteiger partial charge on any atom is -0.491 e. The molecule has 2 aromatic rings. The van der Waals surface area contributed by atoms with E-state index >= 15 is 0 Å². The van der Waals surface area contributed by atoms with E-state index in [0.29, 0.717) is 16.3 Å². The van der Waals surface area contributed by atoms with E-state index in [1.807, 2.05) is 46.8 Å². The number of hydrogen-bond acceptors (Lipinski definition) is 3. The molecular formula is C18H23NO3S. The van der Waals surface area contributed by atoms with Crippen molar-refractivity contribution in [2.45, 2.75) is 45.6 Å². The summed E-state index contributed by atoms with van der Waals surface area (Å²) in [6, 6.07) is 10.7. The average molecular weight is 333 g/mol. The van der Waals surface area contributed by atoms with Crippen LogP contribution in [0.1, 0.15) is 30.5 Å². The zero-order chi connectivity index (χ0) is 17.2. The van der Waals surface area contributed by atoms with Gasteiger partial charge in [0.05, 0.1) is 16.7 Å². The lowest BCUT2D eigenvalue weighted by molar-refractivity contribution is 0.242. The molecule has 0 saturated carbocycles. The van der Waals surface area contributed by atoms with Crippen LogP contribution in [0.3, 0.4) is 0 Å². The highest BCUT2D eigenvalue weighted by molar-refractivity contribution is 7.92. The molecule has 0 bridgehead atoms. The fourth-order valence-electron chi connectivity index (χ4n) is 2.70. The molecule has 5 heteroatoms. The minimum atomic E-state index is -3.64. The first-order valence-corrected chi connectivity index (χ1v) is 9.05. The topological polar surface area (TPSA) is 55.4 Å². The molecule has 0 fully saturated rings. The van der Waals surface area contributed by atoms with Crippen molar-refractivity contribution in [2.75, 3.05) is 4.72 Å². The van der Waals surface area contributed by atoms with E-state index in [2.05, 4.69) is 4.72 Å². The number of nitrogens with one attached hydrogen (secondary N) is 1. The largest absolute Gasteiger partial charge is 0.491 e. The van der Waals surface area contributed by atoms with Crippen molar-refractivity contribution in [2.24, 2.45) is 0 Å². The summed E-state index contributed by atoms with van der Waals surface area (Å²) in [6.45, 7) is 9.43. The Bertz CT molecular complexity index is 788. The second kappa shape index (κ2) is 6.62. The van der Waals surface area contributed by atoms with Gasteiger partial charge in [-0.25, -0.2) is 8.42 Å². The van der Waals surface area contributed by atoms with Gasteiger partial charge in [0.2, 0.25) is 0 Å². The molecular weight excluding hydrogens is 310 g/mol. The second-order valence-electron chi connectivity index (χ2n) is 6.03. The van der Waals surface area contributed by atoms with Crippen molar-refractivity contribution in [3.8, 4) is 5.75 Å². The first-order chi connectivity index (χ1) is 10.7. The van der Waals surface area contributed by atoms with E-state index in [0.717, 1.165) is 16.7 Å². The van der Waals surface area contributed by atoms with E-state index in [1.165, 1.54) is 0 Å². The Morgan fingerprint density at radius 3 is 2.17 bits per heavy atom. The Balaban J connectivity index is 2.36. The van der Waals surface area contributed by atoms with Gasteiger partial charge in [-0.1, -0.05) is 23.8 Å². The first kappa shape index (κ1) is 17.3. The third-order valence-electron chi connectivity index (χ3n) is 3.33. The highest BCUT2D eigenvalue weighted by atomic mass is 32.2. The van der Waals surface area contributed by atoms with Crippen LogP contribution in [0.25, 0.3) is 0 Å². The van der Waals surface area contributed by atoms with Gasteiger partial charge in [-0.05, 0) is 57.9 Å². The maximum absolute atomic E-state index is 12.7. The van der Waals surface area contributed by atoms with Gasteiger partial charge in [0.15, 0.2) is 0 Å². The molecule has 4 nitrogen and oxygen atoms in total. The number of rotatable bonds is 5. The van der Waals surface area contributed by atoms with E-state index < -0.39 is 10.0 Å². The molecule has 0 aliphatic carbocycles. The number of ether oxygens (including phenoxy) is 1. The van der Waals surface area contributed by atoms with E-state index in [9.17, 15) is 8.42 Å². The van der Waals surface area contributed by atoms with Crippen LogP contribution in [0, 0.1) is 20.8 Å². The molecule has 0 amide bonds. The Labute approximate surface area is 138 Å². The Hall–Kier alpha value is -2.01. The summed E-state index contributed by atoms with van der Waals surface area (Å²) >= 11 is 0. The zero-order valence-electron chi connectivity index (χ0n) is 14.2. The van der Waals surface area contributed by atoms with Crippen LogP contribution in [0.15, 0.2) is 41.3 Å². The molecule has 0 spiro atoms. The monoisotopic (exact) mass is 333 g/mol. The summed E-state index contributed by atoms with van der Waals surface area (Å²) in [5, 5.41) is 0. The first-order valence-electron chi connectivity index (χ1n) is 7.56. The molecule has 0 unspecified atom stereocenters. The molecule has 0 radical (unpaired) electrons.